The standard InChI is InChI=1S/C14H13BrClN/c1-17-14(10-2-6-12(15)7-3-10)11-4-8-13(16)9-5-11/h2-9,14,17H,1H3/t14-/m0/s1. The maximum atomic E-state index is 5.90. The lowest BCUT2D eigenvalue weighted by atomic mass is 9.99. The van der Waals surface area contributed by atoms with Gasteiger partial charge in [0.15, 0.2) is 0 Å². The van der Waals surface area contributed by atoms with Crippen LogP contribution in [0.1, 0.15) is 17.2 Å². The summed E-state index contributed by atoms with van der Waals surface area (Å²) in [4.78, 5) is 0. The van der Waals surface area contributed by atoms with E-state index in [-0.39, 0.29) is 6.04 Å². The molecule has 0 saturated carbocycles. The first kappa shape index (κ1) is 12.6. The van der Waals surface area contributed by atoms with Gasteiger partial charge in [-0.15, -0.1) is 0 Å². The van der Waals surface area contributed by atoms with Gasteiger partial charge in [0.25, 0.3) is 0 Å². The second kappa shape index (κ2) is 5.67. The number of nitrogens with one attached hydrogen (secondary N) is 1. The lowest BCUT2D eigenvalue weighted by molar-refractivity contribution is 0.692. The lowest BCUT2D eigenvalue weighted by Gasteiger charge is -2.17. The molecule has 17 heavy (non-hydrogen) atoms. The fraction of sp³-hybridized carbons (Fsp3) is 0.143. The minimum atomic E-state index is 0.195. The van der Waals surface area contributed by atoms with Gasteiger partial charge in [0.05, 0.1) is 6.04 Å². The summed E-state index contributed by atoms with van der Waals surface area (Å²) < 4.78 is 1.09. The Bertz CT molecular complexity index is 433. The Morgan fingerprint density at radius 3 is 1.88 bits per heavy atom. The molecule has 0 aromatic heterocycles. The van der Waals surface area contributed by atoms with Gasteiger partial charge in [-0.3, -0.25) is 0 Å². The third-order valence-corrected chi connectivity index (χ3v) is 3.48. The highest BCUT2D eigenvalue weighted by atomic mass is 79.9. The smallest absolute Gasteiger partial charge is 0.0574 e. The molecule has 1 N–H and O–H groups in total. The van der Waals surface area contributed by atoms with Gasteiger partial charge in [0.2, 0.25) is 0 Å². The number of benzene rings is 2. The van der Waals surface area contributed by atoms with Crippen molar-refractivity contribution in [1.82, 2.24) is 5.32 Å². The molecule has 3 heteroatoms. The maximum absolute atomic E-state index is 5.90. The fourth-order valence-corrected chi connectivity index (χ4v) is 2.23. The van der Waals surface area contributed by atoms with Gasteiger partial charge in [-0.2, -0.15) is 0 Å². The van der Waals surface area contributed by atoms with Crippen LogP contribution >= 0.6 is 27.5 Å². The highest BCUT2D eigenvalue weighted by Crippen LogP contribution is 2.24. The molecule has 0 saturated heterocycles. The third kappa shape index (κ3) is 3.09. The number of hydrogen-bond donors (Lipinski definition) is 1. The van der Waals surface area contributed by atoms with E-state index >= 15 is 0 Å². The van der Waals surface area contributed by atoms with Gasteiger partial charge in [-0.05, 0) is 42.4 Å². The van der Waals surface area contributed by atoms with E-state index in [9.17, 15) is 0 Å². The van der Waals surface area contributed by atoms with E-state index < -0.39 is 0 Å². The predicted octanol–water partition coefficient (Wildman–Crippen LogP) is 4.41. The van der Waals surface area contributed by atoms with Gasteiger partial charge >= 0.3 is 0 Å². The summed E-state index contributed by atoms with van der Waals surface area (Å²) in [6.07, 6.45) is 0. The van der Waals surface area contributed by atoms with Crippen molar-refractivity contribution in [1.29, 1.82) is 0 Å². The van der Waals surface area contributed by atoms with Crippen LogP contribution in [0.3, 0.4) is 0 Å². The molecule has 2 aromatic carbocycles. The van der Waals surface area contributed by atoms with E-state index in [2.05, 4.69) is 45.5 Å². The molecule has 0 radical (unpaired) electrons. The second-order valence-electron chi connectivity index (χ2n) is 3.82. The molecule has 0 aliphatic heterocycles. The van der Waals surface area contributed by atoms with Gasteiger partial charge in [-0.1, -0.05) is 51.8 Å². The maximum Gasteiger partial charge on any atom is 0.0574 e. The topological polar surface area (TPSA) is 12.0 Å². The first-order valence-corrected chi connectivity index (χ1v) is 6.56. The predicted molar refractivity (Wildman–Crippen MR) is 76.5 cm³/mol. The Morgan fingerprint density at radius 1 is 0.941 bits per heavy atom. The van der Waals surface area contributed by atoms with E-state index in [1.807, 2.05) is 31.3 Å². The van der Waals surface area contributed by atoms with Crippen LogP contribution in [0.2, 0.25) is 5.02 Å². The minimum absolute atomic E-state index is 0.195. The van der Waals surface area contributed by atoms with E-state index in [1.54, 1.807) is 0 Å². The second-order valence-corrected chi connectivity index (χ2v) is 5.18. The number of halogens is 2. The number of rotatable bonds is 3. The molecular formula is C14H13BrClN. The van der Waals surface area contributed by atoms with Crippen molar-refractivity contribution in [3.63, 3.8) is 0 Å². The van der Waals surface area contributed by atoms with Crippen LogP contribution in [-0.2, 0) is 0 Å². The molecule has 1 atom stereocenters. The van der Waals surface area contributed by atoms with Crippen LogP contribution in [0.25, 0.3) is 0 Å². The molecule has 0 heterocycles. The zero-order valence-electron chi connectivity index (χ0n) is 9.45. The Morgan fingerprint density at radius 2 is 1.41 bits per heavy atom. The zero-order chi connectivity index (χ0) is 12.3. The Hall–Kier alpha value is -0.830. The Balaban J connectivity index is 2.33. The van der Waals surface area contributed by atoms with Crippen LogP contribution in [0, 0.1) is 0 Å². The minimum Gasteiger partial charge on any atom is -0.309 e. The Kier molecular flexibility index (Phi) is 4.21. The van der Waals surface area contributed by atoms with Crippen molar-refractivity contribution in [3.05, 3.63) is 69.2 Å². The van der Waals surface area contributed by atoms with Gasteiger partial charge < -0.3 is 5.32 Å². The van der Waals surface area contributed by atoms with Crippen molar-refractivity contribution in [3.8, 4) is 0 Å². The summed E-state index contributed by atoms with van der Waals surface area (Å²) >= 11 is 9.34. The number of hydrogen-bond acceptors (Lipinski definition) is 1. The van der Waals surface area contributed by atoms with Crippen LogP contribution in [0.4, 0.5) is 0 Å². The van der Waals surface area contributed by atoms with Gasteiger partial charge in [0, 0.05) is 9.50 Å². The summed E-state index contributed by atoms with van der Waals surface area (Å²) in [5.74, 6) is 0. The highest BCUT2D eigenvalue weighted by molar-refractivity contribution is 9.10. The molecule has 0 spiro atoms. The molecule has 88 valence electrons. The molecule has 0 unspecified atom stereocenters. The summed E-state index contributed by atoms with van der Waals surface area (Å²) in [6.45, 7) is 0. The van der Waals surface area contributed by atoms with Gasteiger partial charge in [0.1, 0.15) is 0 Å². The van der Waals surface area contributed by atoms with E-state index in [4.69, 9.17) is 11.6 Å². The average molecular weight is 311 g/mol. The van der Waals surface area contributed by atoms with Crippen LogP contribution in [-0.4, -0.2) is 7.05 Å². The van der Waals surface area contributed by atoms with Crippen molar-refractivity contribution < 1.29 is 0 Å². The van der Waals surface area contributed by atoms with E-state index in [0.29, 0.717) is 0 Å². The summed E-state index contributed by atoms with van der Waals surface area (Å²) in [5, 5.41) is 4.08. The summed E-state index contributed by atoms with van der Waals surface area (Å²) in [7, 11) is 1.96. The van der Waals surface area contributed by atoms with Crippen molar-refractivity contribution >= 4 is 27.5 Å². The van der Waals surface area contributed by atoms with Crippen LogP contribution in [0.15, 0.2) is 53.0 Å². The lowest BCUT2D eigenvalue weighted by Crippen LogP contribution is -2.17. The molecule has 2 rings (SSSR count). The normalized spacial score (nSPS) is 12.4. The molecular weight excluding hydrogens is 298 g/mol. The molecule has 0 aliphatic carbocycles. The third-order valence-electron chi connectivity index (χ3n) is 2.70. The average Bonchev–Trinajstić information content (AvgIpc) is 2.35. The SMILES string of the molecule is CN[C@H](c1ccc(Cl)cc1)c1ccc(Br)cc1. The molecule has 2 aromatic rings. The van der Waals surface area contributed by atoms with Crippen LogP contribution < -0.4 is 5.32 Å². The van der Waals surface area contributed by atoms with Crippen LogP contribution in [0.5, 0.6) is 0 Å². The van der Waals surface area contributed by atoms with E-state index in [1.165, 1.54) is 11.1 Å². The fourth-order valence-electron chi connectivity index (χ4n) is 1.84. The van der Waals surface area contributed by atoms with Crippen molar-refractivity contribution in [2.75, 3.05) is 7.05 Å². The molecule has 1 nitrogen and oxygen atoms in total. The van der Waals surface area contributed by atoms with Crippen molar-refractivity contribution in [2.45, 2.75) is 6.04 Å². The van der Waals surface area contributed by atoms with E-state index in [0.717, 1.165) is 9.50 Å². The summed E-state index contributed by atoms with van der Waals surface area (Å²) in [6, 6.07) is 16.4. The molecule has 0 aliphatic rings. The van der Waals surface area contributed by atoms with Gasteiger partial charge in [-0.25, -0.2) is 0 Å². The molecule has 0 fully saturated rings. The van der Waals surface area contributed by atoms with Crippen molar-refractivity contribution in [2.24, 2.45) is 0 Å². The molecule has 0 amide bonds. The first-order valence-electron chi connectivity index (χ1n) is 5.39. The highest BCUT2D eigenvalue weighted by Gasteiger charge is 2.11. The largest absolute Gasteiger partial charge is 0.309 e. The first-order chi connectivity index (χ1) is 8.20. The quantitative estimate of drug-likeness (QED) is 0.885. The summed E-state index contributed by atoms with van der Waals surface area (Å²) in [5.41, 5.74) is 2.44. The monoisotopic (exact) mass is 309 g/mol. The Labute approximate surface area is 115 Å². The molecule has 0 bridgehead atoms. The zero-order valence-corrected chi connectivity index (χ0v) is 11.8.